The van der Waals surface area contributed by atoms with Crippen LogP contribution in [0.3, 0.4) is 0 Å². The lowest BCUT2D eigenvalue weighted by molar-refractivity contribution is 0.0338. The number of aromatic nitrogens is 2. The summed E-state index contributed by atoms with van der Waals surface area (Å²) < 4.78 is 0.957. The van der Waals surface area contributed by atoms with Crippen molar-refractivity contribution < 1.29 is 5.11 Å². The van der Waals surface area contributed by atoms with Gasteiger partial charge in [0.1, 0.15) is 6.23 Å². The molecule has 1 aliphatic rings. The number of hydrogen-bond donors (Lipinski definition) is 2. The quantitative estimate of drug-likeness (QED) is 0.670. The van der Waals surface area contributed by atoms with Gasteiger partial charge in [0.25, 0.3) is 0 Å². The lowest BCUT2D eigenvalue weighted by atomic mass is 10.1. The van der Waals surface area contributed by atoms with Crippen LogP contribution in [-0.2, 0) is 6.54 Å². The second-order valence-electron chi connectivity index (χ2n) is 5.06. The maximum Gasteiger partial charge on any atom is 0.134 e. The molecule has 5 heteroatoms. The molecular formula is C14H12BrN3O. The summed E-state index contributed by atoms with van der Waals surface area (Å²) in [5.74, 6) is 0. The van der Waals surface area contributed by atoms with E-state index in [9.17, 15) is 5.11 Å². The summed E-state index contributed by atoms with van der Waals surface area (Å²) in [5, 5.41) is 11.2. The second-order valence-corrected chi connectivity index (χ2v) is 5.98. The highest BCUT2D eigenvalue weighted by atomic mass is 79.9. The number of aliphatic hydroxyl groups excluding tert-OH is 1. The Morgan fingerprint density at radius 1 is 1.37 bits per heavy atom. The van der Waals surface area contributed by atoms with Crippen LogP contribution in [0.25, 0.3) is 21.9 Å². The van der Waals surface area contributed by atoms with Crippen molar-refractivity contribution in [3.63, 3.8) is 0 Å². The summed E-state index contributed by atoms with van der Waals surface area (Å²) in [6.07, 6.45) is 1.30. The summed E-state index contributed by atoms with van der Waals surface area (Å²) in [5.41, 5.74) is 5.17. The standard InChI is InChI=1S/C14H12BrN3O/c1-18-6-7-2-10-11(4-9(7)14(18)19)17-12-3-8(15)5-16-13(10)12/h2-5,14,17,19H,6H2,1H3. The van der Waals surface area contributed by atoms with Gasteiger partial charge in [-0.3, -0.25) is 9.88 Å². The molecule has 96 valence electrons. The normalized spacial score (nSPS) is 19.4. The van der Waals surface area contributed by atoms with Gasteiger partial charge in [0.15, 0.2) is 0 Å². The van der Waals surface area contributed by atoms with Crippen LogP contribution in [0.15, 0.2) is 28.9 Å². The molecule has 1 aliphatic heterocycles. The smallest absolute Gasteiger partial charge is 0.134 e. The molecule has 4 rings (SSSR count). The molecule has 1 aromatic carbocycles. The minimum absolute atomic E-state index is 0.509. The molecule has 3 heterocycles. The maximum atomic E-state index is 10.1. The molecule has 0 saturated heterocycles. The average Bonchev–Trinajstić information content (AvgIpc) is 2.85. The van der Waals surface area contributed by atoms with Gasteiger partial charge in [0.2, 0.25) is 0 Å². The van der Waals surface area contributed by atoms with E-state index in [4.69, 9.17) is 0 Å². The van der Waals surface area contributed by atoms with Crippen molar-refractivity contribution >= 4 is 37.9 Å². The Morgan fingerprint density at radius 3 is 3.05 bits per heavy atom. The molecule has 19 heavy (non-hydrogen) atoms. The van der Waals surface area contributed by atoms with Crippen molar-refractivity contribution in [2.24, 2.45) is 0 Å². The largest absolute Gasteiger partial charge is 0.374 e. The molecule has 0 bridgehead atoms. The summed E-state index contributed by atoms with van der Waals surface area (Å²) in [7, 11) is 1.92. The first-order valence-electron chi connectivity index (χ1n) is 6.11. The lowest BCUT2D eigenvalue weighted by Gasteiger charge is -2.12. The fourth-order valence-corrected chi connectivity index (χ4v) is 3.16. The topological polar surface area (TPSA) is 52.1 Å². The first-order chi connectivity index (χ1) is 9.13. The second kappa shape index (κ2) is 3.79. The van der Waals surface area contributed by atoms with E-state index in [0.29, 0.717) is 0 Å². The van der Waals surface area contributed by atoms with Crippen molar-refractivity contribution in [1.82, 2.24) is 14.9 Å². The van der Waals surface area contributed by atoms with E-state index in [0.717, 1.165) is 38.5 Å². The van der Waals surface area contributed by atoms with Gasteiger partial charge in [0, 0.05) is 33.7 Å². The minimum atomic E-state index is -0.509. The van der Waals surface area contributed by atoms with Crippen molar-refractivity contribution in [1.29, 1.82) is 0 Å². The Bertz CT molecular complexity index is 811. The number of hydrogen-bond acceptors (Lipinski definition) is 3. The number of H-pyrrole nitrogens is 1. The summed E-state index contributed by atoms with van der Waals surface area (Å²) in [6.45, 7) is 0.773. The zero-order valence-corrected chi connectivity index (χ0v) is 11.9. The van der Waals surface area contributed by atoms with Crippen LogP contribution in [0.5, 0.6) is 0 Å². The zero-order chi connectivity index (χ0) is 13.1. The van der Waals surface area contributed by atoms with E-state index < -0.39 is 6.23 Å². The van der Waals surface area contributed by atoms with Crippen molar-refractivity contribution in [2.75, 3.05) is 7.05 Å². The highest BCUT2D eigenvalue weighted by Crippen LogP contribution is 2.35. The molecule has 0 saturated carbocycles. The van der Waals surface area contributed by atoms with Crippen LogP contribution in [0.2, 0.25) is 0 Å². The average molecular weight is 318 g/mol. The van der Waals surface area contributed by atoms with Crippen LogP contribution in [0.4, 0.5) is 0 Å². The monoisotopic (exact) mass is 317 g/mol. The van der Waals surface area contributed by atoms with Gasteiger partial charge in [-0.25, -0.2) is 0 Å². The third kappa shape index (κ3) is 1.55. The molecule has 1 atom stereocenters. The predicted molar refractivity (Wildman–Crippen MR) is 77.7 cm³/mol. The first-order valence-corrected chi connectivity index (χ1v) is 6.91. The fraction of sp³-hybridized carbons (Fsp3) is 0.214. The van der Waals surface area contributed by atoms with Gasteiger partial charge < -0.3 is 10.1 Å². The summed E-state index contributed by atoms with van der Waals surface area (Å²) >= 11 is 3.43. The Balaban J connectivity index is 2.06. The molecule has 0 aliphatic carbocycles. The third-order valence-electron chi connectivity index (χ3n) is 3.77. The van der Waals surface area contributed by atoms with Gasteiger partial charge in [-0.05, 0) is 46.7 Å². The number of nitrogens with one attached hydrogen (secondary N) is 1. The molecular weight excluding hydrogens is 306 g/mol. The van der Waals surface area contributed by atoms with Crippen molar-refractivity contribution in [3.05, 3.63) is 40.0 Å². The van der Waals surface area contributed by atoms with E-state index in [-0.39, 0.29) is 0 Å². The molecule has 2 N–H and O–H groups in total. The Hall–Kier alpha value is -1.43. The number of nitrogens with zero attached hydrogens (tertiary/aromatic N) is 2. The number of rotatable bonds is 0. The fourth-order valence-electron chi connectivity index (χ4n) is 2.82. The van der Waals surface area contributed by atoms with E-state index >= 15 is 0 Å². The number of fused-ring (bicyclic) bond motifs is 4. The van der Waals surface area contributed by atoms with E-state index in [1.54, 1.807) is 0 Å². The Labute approximate surface area is 118 Å². The zero-order valence-electron chi connectivity index (χ0n) is 10.3. The summed E-state index contributed by atoms with van der Waals surface area (Å²) in [6, 6.07) is 6.20. The third-order valence-corrected chi connectivity index (χ3v) is 4.21. The minimum Gasteiger partial charge on any atom is -0.374 e. The number of aliphatic hydroxyl groups is 1. The van der Waals surface area contributed by atoms with Gasteiger partial charge in [-0.15, -0.1) is 0 Å². The molecule has 1 unspecified atom stereocenters. The van der Waals surface area contributed by atoms with Gasteiger partial charge in [-0.2, -0.15) is 0 Å². The molecule has 0 fully saturated rings. The molecule has 0 radical (unpaired) electrons. The van der Waals surface area contributed by atoms with Gasteiger partial charge in [0.05, 0.1) is 11.0 Å². The van der Waals surface area contributed by atoms with Crippen LogP contribution >= 0.6 is 15.9 Å². The molecule has 2 aromatic heterocycles. The van der Waals surface area contributed by atoms with Crippen LogP contribution < -0.4 is 0 Å². The number of aromatic amines is 1. The Kier molecular flexibility index (Phi) is 2.27. The highest BCUT2D eigenvalue weighted by molar-refractivity contribution is 9.10. The molecule has 0 spiro atoms. The predicted octanol–water partition coefficient (Wildman–Crippen LogP) is 2.91. The number of benzene rings is 1. The van der Waals surface area contributed by atoms with Crippen LogP contribution in [0, 0.1) is 0 Å². The van der Waals surface area contributed by atoms with E-state index in [2.05, 4.69) is 32.0 Å². The molecule has 0 amide bonds. The molecule has 3 aromatic rings. The first kappa shape index (κ1) is 11.4. The maximum absolute atomic E-state index is 10.1. The molecule has 4 nitrogen and oxygen atoms in total. The SMILES string of the molecule is CN1Cc2cc3c(cc2C1O)[nH]c1cc(Br)cnc13. The number of halogens is 1. The van der Waals surface area contributed by atoms with Crippen LogP contribution in [0.1, 0.15) is 17.4 Å². The van der Waals surface area contributed by atoms with Crippen molar-refractivity contribution in [3.8, 4) is 0 Å². The van der Waals surface area contributed by atoms with E-state index in [1.165, 1.54) is 5.56 Å². The number of pyridine rings is 1. The lowest BCUT2D eigenvalue weighted by Crippen LogP contribution is -2.15. The van der Waals surface area contributed by atoms with Crippen LogP contribution in [-0.4, -0.2) is 27.0 Å². The van der Waals surface area contributed by atoms with Crippen molar-refractivity contribution in [2.45, 2.75) is 12.8 Å². The van der Waals surface area contributed by atoms with Gasteiger partial charge >= 0.3 is 0 Å². The highest BCUT2D eigenvalue weighted by Gasteiger charge is 2.26. The summed E-state index contributed by atoms with van der Waals surface area (Å²) in [4.78, 5) is 9.77. The van der Waals surface area contributed by atoms with E-state index in [1.807, 2.05) is 30.3 Å². The Morgan fingerprint density at radius 2 is 2.21 bits per heavy atom. The van der Waals surface area contributed by atoms with Gasteiger partial charge in [-0.1, -0.05) is 0 Å².